The maximum absolute atomic E-state index is 11.7. The van der Waals surface area contributed by atoms with Crippen LogP contribution >= 0.6 is 11.6 Å². The Morgan fingerprint density at radius 2 is 2.12 bits per heavy atom. The minimum atomic E-state index is -0.257. The molecule has 0 atom stereocenters. The van der Waals surface area contributed by atoms with Gasteiger partial charge in [0.05, 0.1) is 6.54 Å². The van der Waals surface area contributed by atoms with E-state index in [0.717, 1.165) is 11.1 Å². The van der Waals surface area contributed by atoms with Gasteiger partial charge in [-0.3, -0.25) is 4.79 Å². The molecule has 3 nitrogen and oxygen atoms in total. The van der Waals surface area contributed by atoms with Crippen LogP contribution in [0, 0.1) is 6.92 Å². The monoisotopic (exact) mass is 234 g/mol. The van der Waals surface area contributed by atoms with E-state index in [9.17, 15) is 4.79 Å². The van der Waals surface area contributed by atoms with Crippen molar-refractivity contribution in [1.29, 1.82) is 0 Å². The van der Waals surface area contributed by atoms with Gasteiger partial charge in [0.25, 0.3) is 5.56 Å². The van der Waals surface area contributed by atoms with Gasteiger partial charge in [-0.05, 0) is 18.1 Å². The second-order valence-electron chi connectivity index (χ2n) is 3.58. The first-order chi connectivity index (χ1) is 7.68. The van der Waals surface area contributed by atoms with E-state index in [1.807, 2.05) is 31.2 Å². The Balaban J connectivity index is 2.39. The third-order valence-electron chi connectivity index (χ3n) is 2.47. The summed E-state index contributed by atoms with van der Waals surface area (Å²) < 4.78 is 1.55. The maximum atomic E-state index is 11.7. The van der Waals surface area contributed by atoms with Crippen molar-refractivity contribution in [3.63, 3.8) is 0 Å². The molecule has 0 fully saturated rings. The number of rotatable bonds is 2. The average molecular weight is 235 g/mol. The summed E-state index contributed by atoms with van der Waals surface area (Å²) in [6.45, 7) is 2.54. The molecule has 16 heavy (non-hydrogen) atoms. The predicted octanol–water partition coefficient (Wildman–Crippen LogP) is 2.25. The van der Waals surface area contributed by atoms with Gasteiger partial charge in [-0.25, -0.2) is 4.98 Å². The van der Waals surface area contributed by atoms with Gasteiger partial charge in [0, 0.05) is 12.4 Å². The van der Waals surface area contributed by atoms with Gasteiger partial charge in [0.2, 0.25) is 0 Å². The highest BCUT2D eigenvalue weighted by Crippen LogP contribution is 2.08. The summed E-state index contributed by atoms with van der Waals surface area (Å²) >= 11 is 5.68. The van der Waals surface area contributed by atoms with Crippen molar-refractivity contribution in [1.82, 2.24) is 9.55 Å². The molecule has 0 aliphatic rings. The highest BCUT2D eigenvalue weighted by Gasteiger charge is 2.03. The molecule has 0 bridgehead atoms. The van der Waals surface area contributed by atoms with Crippen LogP contribution in [0.15, 0.2) is 41.5 Å². The van der Waals surface area contributed by atoms with Crippen LogP contribution in [-0.4, -0.2) is 9.55 Å². The summed E-state index contributed by atoms with van der Waals surface area (Å²) in [6, 6.07) is 7.94. The number of halogens is 1. The lowest BCUT2D eigenvalue weighted by molar-refractivity contribution is 0.744. The van der Waals surface area contributed by atoms with Crippen molar-refractivity contribution in [3.8, 4) is 0 Å². The topological polar surface area (TPSA) is 34.9 Å². The number of aryl methyl sites for hydroxylation is 1. The third kappa shape index (κ3) is 2.14. The smallest absolute Gasteiger partial charge is 0.288 e. The van der Waals surface area contributed by atoms with Crippen LogP contribution in [0.25, 0.3) is 0 Å². The van der Waals surface area contributed by atoms with Gasteiger partial charge in [-0.1, -0.05) is 35.9 Å². The van der Waals surface area contributed by atoms with E-state index >= 15 is 0 Å². The molecule has 0 spiro atoms. The Kier molecular flexibility index (Phi) is 3.06. The van der Waals surface area contributed by atoms with Crippen molar-refractivity contribution in [2.45, 2.75) is 13.5 Å². The lowest BCUT2D eigenvalue weighted by Gasteiger charge is -2.07. The Morgan fingerprint density at radius 1 is 1.38 bits per heavy atom. The van der Waals surface area contributed by atoms with E-state index in [1.165, 1.54) is 6.20 Å². The van der Waals surface area contributed by atoms with Crippen molar-refractivity contribution in [2.75, 3.05) is 0 Å². The first-order valence-corrected chi connectivity index (χ1v) is 5.32. The van der Waals surface area contributed by atoms with Gasteiger partial charge >= 0.3 is 0 Å². The zero-order valence-electron chi connectivity index (χ0n) is 8.85. The molecular formula is C12H11ClN2O. The minimum Gasteiger partial charge on any atom is -0.307 e. The summed E-state index contributed by atoms with van der Waals surface area (Å²) in [5.74, 6) is 0. The number of hydrogen-bond acceptors (Lipinski definition) is 2. The molecule has 0 aliphatic heterocycles. The lowest BCUT2D eigenvalue weighted by atomic mass is 10.1. The lowest BCUT2D eigenvalue weighted by Crippen LogP contribution is -2.21. The summed E-state index contributed by atoms with van der Waals surface area (Å²) in [5.41, 5.74) is 2.00. The fourth-order valence-electron chi connectivity index (χ4n) is 1.52. The molecule has 0 aliphatic carbocycles. The van der Waals surface area contributed by atoms with Crippen LogP contribution in [0.4, 0.5) is 0 Å². The van der Waals surface area contributed by atoms with E-state index in [-0.39, 0.29) is 10.7 Å². The molecule has 82 valence electrons. The van der Waals surface area contributed by atoms with Crippen LogP contribution in [0.2, 0.25) is 5.15 Å². The predicted molar refractivity (Wildman–Crippen MR) is 63.8 cm³/mol. The normalized spacial score (nSPS) is 10.4. The van der Waals surface area contributed by atoms with E-state index in [1.54, 1.807) is 10.8 Å². The van der Waals surface area contributed by atoms with Gasteiger partial charge in [-0.2, -0.15) is 0 Å². The number of nitrogens with zero attached hydrogens (tertiary/aromatic N) is 2. The Bertz CT molecular complexity index is 563. The zero-order valence-corrected chi connectivity index (χ0v) is 9.61. The van der Waals surface area contributed by atoms with Crippen LogP contribution in [0.5, 0.6) is 0 Å². The summed E-state index contributed by atoms with van der Waals surface area (Å²) in [5, 5.41) is 0.0103. The van der Waals surface area contributed by atoms with Crippen LogP contribution in [0.3, 0.4) is 0 Å². The quantitative estimate of drug-likeness (QED) is 0.799. The van der Waals surface area contributed by atoms with Crippen LogP contribution in [0.1, 0.15) is 11.1 Å². The second kappa shape index (κ2) is 4.49. The molecule has 1 heterocycles. The second-order valence-corrected chi connectivity index (χ2v) is 3.94. The molecule has 1 aromatic carbocycles. The number of benzene rings is 1. The molecule has 0 radical (unpaired) electrons. The third-order valence-corrected chi connectivity index (χ3v) is 2.73. The van der Waals surface area contributed by atoms with Crippen LogP contribution in [-0.2, 0) is 6.54 Å². The van der Waals surface area contributed by atoms with Crippen LogP contribution < -0.4 is 5.56 Å². The van der Waals surface area contributed by atoms with Crippen molar-refractivity contribution in [3.05, 3.63) is 63.3 Å². The number of hydrogen-bond donors (Lipinski definition) is 0. The zero-order chi connectivity index (χ0) is 11.5. The fraction of sp³-hybridized carbons (Fsp3) is 0.167. The Labute approximate surface area is 98.3 Å². The molecule has 2 aromatic rings. The van der Waals surface area contributed by atoms with E-state index in [4.69, 9.17) is 11.6 Å². The molecule has 0 N–H and O–H groups in total. The van der Waals surface area contributed by atoms with Gasteiger partial charge in [0.1, 0.15) is 0 Å². The Hall–Kier alpha value is -1.61. The Morgan fingerprint density at radius 3 is 2.88 bits per heavy atom. The molecule has 2 rings (SSSR count). The highest BCUT2D eigenvalue weighted by molar-refractivity contribution is 6.29. The molecule has 4 heteroatoms. The highest BCUT2D eigenvalue weighted by atomic mass is 35.5. The van der Waals surface area contributed by atoms with Crippen molar-refractivity contribution < 1.29 is 0 Å². The summed E-state index contributed by atoms with van der Waals surface area (Å²) in [7, 11) is 0. The fourth-order valence-corrected chi connectivity index (χ4v) is 1.68. The maximum Gasteiger partial charge on any atom is 0.288 e. The molecule has 1 aromatic heterocycles. The van der Waals surface area contributed by atoms with Gasteiger partial charge < -0.3 is 4.57 Å². The van der Waals surface area contributed by atoms with E-state index in [2.05, 4.69) is 4.98 Å². The molecule has 0 unspecified atom stereocenters. The van der Waals surface area contributed by atoms with Gasteiger partial charge in [0.15, 0.2) is 5.15 Å². The van der Waals surface area contributed by atoms with Crippen molar-refractivity contribution in [2.24, 2.45) is 0 Å². The molecule has 0 saturated carbocycles. The van der Waals surface area contributed by atoms with E-state index < -0.39 is 0 Å². The summed E-state index contributed by atoms with van der Waals surface area (Å²) in [4.78, 5) is 15.4. The largest absolute Gasteiger partial charge is 0.307 e. The molecular weight excluding hydrogens is 224 g/mol. The first-order valence-electron chi connectivity index (χ1n) is 4.94. The van der Waals surface area contributed by atoms with Crippen molar-refractivity contribution >= 4 is 11.6 Å². The number of aromatic nitrogens is 2. The molecule has 0 saturated heterocycles. The molecule has 0 amide bonds. The minimum absolute atomic E-state index is 0.0103. The average Bonchev–Trinajstić information content (AvgIpc) is 2.28. The SMILES string of the molecule is Cc1ccccc1Cn1ccnc(Cl)c1=O. The standard InChI is InChI=1S/C12H11ClN2O/c1-9-4-2-3-5-10(9)8-15-7-6-14-11(13)12(15)16/h2-7H,8H2,1H3. The van der Waals surface area contributed by atoms with Gasteiger partial charge in [-0.15, -0.1) is 0 Å². The van der Waals surface area contributed by atoms with E-state index in [0.29, 0.717) is 6.54 Å². The first kappa shape index (κ1) is 10.9. The summed E-state index contributed by atoms with van der Waals surface area (Å²) in [6.07, 6.45) is 3.17.